The van der Waals surface area contributed by atoms with Gasteiger partial charge in [0, 0.05) is 5.02 Å². The fraction of sp³-hybridized carbons (Fsp3) is 0.158. The molecule has 0 unspecified atom stereocenters. The number of rotatable bonds is 5. The van der Waals surface area contributed by atoms with Gasteiger partial charge in [-0.05, 0) is 48.0 Å². The van der Waals surface area contributed by atoms with Gasteiger partial charge in [-0.1, -0.05) is 23.7 Å². The largest absolute Gasteiger partial charge is 0.497 e. The van der Waals surface area contributed by atoms with E-state index in [0.717, 1.165) is 5.56 Å². The molecule has 25 heavy (non-hydrogen) atoms. The van der Waals surface area contributed by atoms with Crippen LogP contribution in [0.4, 0.5) is 0 Å². The Morgan fingerprint density at radius 1 is 1.12 bits per heavy atom. The van der Waals surface area contributed by atoms with Gasteiger partial charge < -0.3 is 14.2 Å². The molecular formula is C19H15ClO5. The predicted molar refractivity (Wildman–Crippen MR) is 92.6 cm³/mol. The molecule has 0 bridgehead atoms. The Balaban J connectivity index is 1.63. The van der Waals surface area contributed by atoms with Gasteiger partial charge in [0.15, 0.2) is 6.10 Å². The van der Waals surface area contributed by atoms with Crippen molar-refractivity contribution in [2.24, 2.45) is 0 Å². The maximum Gasteiger partial charge on any atom is 0.339 e. The van der Waals surface area contributed by atoms with Crippen LogP contribution in [0, 0.1) is 0 Å². The summed E-state index contributed by atoms with van der Waals surface area (Å²) in [5.41, 5.74) is 1.54. The summed E-state index contributed by atoms with van der Waals surface area (Å²) in [5.74, 6) is -0.249. The highest BCUT2D eigenvalue weighted by Gasteiger charge is 2.27. The first-order valence-electron chi connectivity index (χ1n) is 7.57. The number of cyclic esters (lactones) is 1. The van der Waals surface area contributed by atoms with Crippen LogP contribution >= 0.6 is 11.6 Å². The summed E-state index contributed by atoms with van der Waals surface area (Å²) >= 11 is 5.78. The van der Waals surface area contributed by atoms with E-state index in [1.807, 2.05) is 0 Å². The SMILES string of the molecule is COc1ccc(C2=C[C@H](COC(=O)c3ccc(Cl)cc3)OC2=O)cc1. The highest BCUT2D eigenvalue weighted by Crippen LogP contribution is 2.26. The Hall–Kier alpha value is -2.79. The van der Waals surface area contributed by atoms with Gasteiger partial charge in [0.25, 0.3) is 0 Å². The molecule has 0 fully saturated rings. The molecule has 0 radical (unpaired) electrons. The number of hydrogen-bond donors (Lipinski definition) is 0. The van der Waals surface area contributed by atoms with Crippen molar-refractivity contribution in [2.75, 3.05) is 13.7 Å². The highest BCUT2D eigenvalue weighted by atomic mass is 35.5. The Bertz CT molecular complexity index is 809. The number of halogens is 1. The van der Waals surface area contributed by atoms with Crippen molar-refractivity contribution >= 4 is 29.1 Å². The molecule has 5 nitrogen and oxygen atoms in total. The van der Waals surface area contributed by atoms with E-state index in [0.29, 0.717) is 21.9 Å². The van der Waals surface area contributed by atoms with Crippen LogP contribution in [-0.2, 0) is 14.3 Å². The summed E-state index contributed by atoms with van der Waals surface area (Å²) in [7, 11) is 1.57. The summed E-state index contributed by atoms with van der Waals surface area (Å²) in [6, 6.07) is 13.4. The zero-order valence-electron chi connectivity index (χ0n) is 13.4. The standard InChI is InChI=1S/C19H15ClO5/c1-23-15-8-4-12(5-9-15)17-10-16(25-19(17)22)11-24-18(21)13-2-6-14(20)7-3-13/h2-10,16H,11H2,1H3/t16-/m1/s1. The van der Waals surface area contributed by atoms with Crippen molar-refractivity contribution in [2.45, 2.75) is 6.10 Å². The van der Waals surface area contributed by atoms with Crippen LogP contribution in [0.2, 0.25) is 5.02 Å². The van der Waals surface area contributed by atoms with E-state index in [4.69, 9.17) is 25.8 Å². The zero-order valence-corrected chi connectivity index (χ0v) is 14.2. The topological polar surface area (TPSA) is 61.8 Å². The predicted octanol–water partition coefficient (Wildman–Crippen LogP) is 3.51. The molecule has 1 heterocycles. The number of methoxy groups -OCH3 is 1. The molecule has 0 N–H and O–H groups in total. The average Bonchev–Trinajstić information content (AvgIpc) is 3.01. The molecule has 6 heteroatoms. The maximum atomic E-state index is 12.0. The number of carbonyl (C=O) groups is 2. The number of carbonyl (C=O) groups excluding carboxylic acids is 2. The van der Waals surface area contributed by atoms with E-state index in [1.165, 1.54) is 0 Å². The Morgan fingerprint density at radius 3 is 2.44 bits per heavy atom. The lowest BCUT2D eigenvalue weighted by Gasteiger charge is -2.09. The third-order valence-corrected chi connectivity index (χ3v) is 3.94. The second-order valence-electron chi connectivity index (χ2n) is 5.36. The van der Waals surface area contributed by atoms with Crippen molar-refractivity contribution in [1.29, 1.82) is 0 Å². The molecule has 0 saturated heterocycles. The lowest BCUT2D eigenvalue weighted by Crippen LogP contribution is -2.18. The molecule has 0 saturated carbocycles. The van der Waals surface area contributed by atoms with Crippen LogP contribution in [0.1, 0.15) is 15.9 Å². The van der Waals surface area contributed by atoms with Crippen LogP contribution in [0.5, 0.6) is 5.75 Å². The lowest BCUT2D eigenvalue weighted by molar-refractivity contribution is -0.139. The van der Waals surface area contributed by atoms with Crippen LogP contribution in [-0.4, -0.2) is 31.8 Å². The summed E-state index contributed by atoms with van der Waals surface area (Å²) in [6.45, 7) is -0.0488. The van der Waals surface area contributed by atoms with Crippen molar-refractivity contribution in [3.63, 3.8) is 0 Å². The number of hydrogen-bond acceptors (Lipinski definition) is 5. The van der Waals surface area contributed by atoms with Gasteiger partial charge in [0.2, 0.25) is 0 Å². The minimum atomic E-state index is -0.610. The zero-order chi connectivity index (χ0) is 17.8. The monoisotopic (exact) mass is 358 g/mol. The quantitative estimate of drug-likeness (QED) is 0.765. The molecule has 3 rings (SSSR count). The van der Waals surface area contributed by atoms with Crippen LogP contribution in [0.15, 0.2) is 54.6 Å². The van der Waals surface area contributed by atoms with E-state index in [2.05, 4.69) is 0 Å². The second kappa shape index (κ2) is 7.40. The summed E-state index contributed by atoms with van der Waals surface area (Å²) in [4.78, 5) is 24.0. The van der Waals surface area contributed by atoms with Gasteiger partial charge >= 0.3 is 11.9 Å². The third-order valence-electron chi connectivity index (χ3n) is 3.69. The number of esters is 2. The first kappa shape index (κ1) is 17.0. The summed E-state index contributed by atoms with van der Waals surface area (Å²) in [6.07, 6.45) is 1.04. The summed E-state index contributed by atoms with van der Waals surface area (Å²) < 4.78 is 15.5. The maximum absolute atomic E-state index is 12.0. The highest BCUT2D eigenvalue weighted by molar-refractivity contribution is 6.30. The molecule has 128 valence electrons. The molecule has 2 aromatic rings. The van der Waals surface area contributed by atoms with Crippen molar-refractivity contribution in [3.8, 4) is 5.75 Å². The number of ether oxygens (including phenoxy) is 3. The average molecular weight is 359 g/mol. The fourth-order valence-electron chi connectivity index (χ4n) is 2.38. The second-order valence-corrected chi connectivity index (χ2v) is 5.79. The van der Waals surface area contributed by atoms with Crippen molar-refractivity contribution < 1.29 is 23.8 Å². The van der Waals surface area contributed by atoms with Gasteiger partial charge in [-0.15, -0.1) is 0 Å². The van der Waals surface area contributed by atoms with Gasteiger partial charge in [0.1, 0.15) is 12.4 Å². The Labute approximate surface area is 149 Å². The van der Waals surface area contributed by atoms with E-state index in [9.17, 15) is 9.59 Å². The van der Waals surface area contributed by atoms with Gasteiger partial charge in [-0.2, -0.15) is 0 Å². The first-order chi connectivity index (χ1) is 12.1. The molecule has 1 aliphatic rings. The van der Waals surface area contributed by atoms with Gasteiger partial charge in [0.05, 0.1) is 18.2 Å². The number of benzene rings is 2. The van der Waals surface area contributed by atoms with Crippen molar-refractivity contribution in [1.82, 2.24) is 0 Å². The molecule has 0 aromatic heterocycles. The Kier molecular flexibility index (Phi) is 5.05. The molecular weight excluding hydrogens is 344 g/mol. The van der Waals surface area contributed by atoms with E-state index < -0.39 is 18.0 Å². The van der Waals surface area contributed by atoms with Crippen LogP contribution < -0.4 is 4.74 Å². The molecule has 2 aromatic carbocycles. The first-order valence-corrected chi connectivity index (χ1v) is 7.94. The molecule has 0 spiro atoms. The van der Waals surface area contributed by atoms with Gasteiger partial charge in [-0.3, -0.25) is 0 Å². The Morgan fingerprint density at radius 2 is 1.80 bits per heavy atom. The minimum absolute atomic E-state index is 0.0488. The van der Waals surface area contributed by atoms with E-state index in [1.54, 1.807) is 61.7 Å². The smallest absolute Gasteiger partial charge is 0.339 e. The summed E-state index contributed by atoms with van der Waals surface area (Å²) in [5, 5.41) is 0.535. The molecule has 0 aliphatic carbocycles. The molecule has 1 aliphatic heterocycles. The van der Waals surface area contributed by atoms with Gasteiger partial charge in [-0.25, -0.2) is 9.59 Å². The normalized spacial score (nSPS) is 16.2. The van der Waals surface area contributed by atoms with Crippen molar-refractivity contribution in [3.05, 3.63) is 70.8 Å². The fourth-order valence-corrected chi connectivity index (χ4v) is 2.51. The minimum Gasteiger partial charge on any atom is -0.497 e. The third kappa shape index (κ3) is 4.00. The molecule has 0 amide bonds. The van der Waals surface area contributed by atoms with Crippen LogP contribution in [0.3, 0.4) is 0 Å². The van der Waals surface area contributed by atoms with E-state index >= 15 is 0 Å². The van der Waals surface area contributed by atoms with E-state index in [-0.39, 0.29) is 6.61 Å². The lowest BCUT2D eigenvalue weighted by atomic mass is 10.1. The molecule has 1 atom stereocenters. The van der Waals surface area contributed by atoms with Crippen LogP contribution in [0.25, 0.3) is 5.57 Å².